The van der Waals surface area contributed by atoms with Gasteiger partial charge in [-0.3, -0.25) is 9.59 Å². The number of Topliss-reactive ketones (excluding diaryl/α,β-unsaturated/α-hetero) is 2. The van der Waals surface area contributed by atoms with Gasteiger partial charge in [-0.2, -0.15) is 0 Å². The van der Waals surface area contributed by atoms with Crippen LogP contribution >= 0.6 is 11.3 Å². The highest BCUT2D eigenvalue weighted by Gasteiger charge is 2.49. The lowest BCUT2D eigenvalue weighted by atomic mass is 10.1. The summed E-state index contributed by atoms with van der Waals surface area (Å²) >= 11 is 1.33. The maximum absolute atomic E-state index is 12.7. The Morgan fingerprint density at radius 1 is 1.24 bits per heavy atom. The molecule has 1 fully saturated rings. The van der Waals surface area contributed by atoms with Crippen molar-refractivity contribution in [2.45, 2.75) is 70.7 Å². The molecule has 0 aliphatic carbocycles. The fraction of sp³-hybridized carbons (Fsp3) is 0.667. The van der Waals surface area contributed by atoms with Crippen LogP contribution in [0.2, 0.25) is 18.1 Å². The number of ether oxygens (including phenoxy) is 2. The summed E-state index contributed by atoms with van der Waals surface area (Å²) in [5, 5.41) is 1.83. The van der Waals surface area contributed by atoms with Crippen molar-refractivity contribution in [3.05, 3.63) is 22.4 Å². The molecule has 2 heterocycles. The first-order valence-electron chi connectivity index (χ1n) is 8.44. The minimum atomic E-state index is -2.06. The fourth-order valence-corrected chi connectivity index (χ4v) is 3.93. The van der Waals surface area contributed by atoms with Gasteiger partial charge in [0.1, 0.15) is 0 Å². The molecule has 0 saturated carbocycles. The first-order chi connectivity index (χ1) is 11.3. The molecular weight excluding hydrogens is 356 g/mol. The third-order valence-electron chi connectivity index (χ3n) is 4.82. The molecule has 2 atom stereocenters. The van der Waals surface area contributed by atoms with E-state index in [1.807, 2.05) is 5.38 Å². The maximum Gasteiger partial charge on any atom is 0.204 e. The summed E-state index contributed by atoms with van der Waals surface area (Å²) < 4.78 is 17.5. The molecule has 7 heteroatoms. The highest BCUT2D eigenvalue weighted by Crippen LogP contribution is 2.37. The summed E-state index contributed by atoms with van der Waals surface area (Å²) in [5.74, 6) is -1.44. The SMILES string of the molecule is CC1(C)O[C@H](C(=O)CO[Si](C)(C)C(C)(C)C)[C@H](C(=O)c2cccs2)O1. The molecule has 0 spiro atoms. The monoisotopic (exact) mass is 384 g/mol. The second kappa shape index (κ2) is 7.04. The van der Waals surface area contributed by atoms with Gasteiger partial charge in [-0.15, -0.1) is 11.3 Å². The van der Waals surface area contributed by atoms with Crippen LogP contribution in [0.25, 0.3) is 0 Å². The van der Waals surface area contributed by atoms with E-state index in [9.17, 15) is 9.59 Å². The summed E-state index contributed by atoms with van der Waals surface area (Å²) in [6, 6.07) is 3.53. The Kier molecular flexibility index (Phi) is 5.76. The van der Waals surface area contributed by atoms with Gasteiger partial charge < -0.3 is 13.9 Å². The van der Waals surface area contributed by atoms with Crippen molar-refractivity contribution in [2.75, 3.05) is 6.61 Å². The van der Waals surface area contributed by atoms with Crippen LogP contribution in [0.15, 0.2) is 17.5 Å². The number of thiophene rings is 1. The zero-order valence-electron chi connectivity index (χ0n) is 16.0. The minimum absolute atomic E-state index is 0.00573. The fourth-order valence-electron chi connectivity index (χ4n) is 2.30. The largest absolute Gasteiger partial charge is 0.409 e. The molecule has 5 nitrogen and oxygen atoms in total. The highest BCUT2D eigenvalue weighted by atomic mass is 32.1. The number of hydrogen-bond acceptors (Lipinski definition) is 6. The van der Waals surface area contributed by atoms with Gasteiger partial charge in [0.15, 0.2) is 32.1 Å². The smallest absolute Gasteiger partial charge is 0.204 e. The van der Waals surface area contributed by atoms with Crippen LogP contribution in [-0.4, -0.2) is 44.5 Å². The van der Waals surface area contributed by atoms with Gasteiger partial charge >= 0.3 is 0 Å². The normalized spacial score (nSPS) is 23.6. The van der Waals surface area contributed by atoms with Crippen LogP contribution in [0.3, 0.4) is 0 Å². The maximum atomic E-state index is 12.7. The Morgan fingerprint density at radius 3 is 2.36 bits per heavy atom. The van der Waals surface area contributed by atoms with Crippen LogP contribution < -0.4 is 0 Å². The second-order valence-corrected chi connectivity index (χ2v) is 14.1. The molecule has 1 saturated heterocycles. The lowest BCUT2D eigenvalue weighted by Crippen LogP contribution is -2.45. The van der Waals surface area contributed by atoms with Crippen molar-refractivity contribution in [1.29, 1.82) is 0 Å². The molecule has 1 aromatic rings. The molecular formula is C18H28O5SSi. The van der Waals surface area contributed by atoms with Crippen LogP contribution in [0.5, 0.6) is 0 Å². The van der Waals surface area contributed by atoms with E-state index in [2.05, 4.69) is 33.9 Å². The van der Waals surface area contributed by atoms with E-state index in [-0.39, 0.29) is 23.2 Å². The van der Waals surface area contributed by atoms with E-state index in [1.165, 1.54) is 11.3 Å². The van der Waals surface area contributed by atoms with E-state index in [0.717, 1.165) is 0 Å². The third-order valence-corrected chi connectivity index (χ3v) is 10.2. The lowest BCUT2D eigenvalue weighted by molar-refractivity contribution is -0.154. The Labute approximate surface area is 154 Å². The summed E-state index contributed by atoms with van der Waals surface area (Å²) in [6.45, 7) is 13.9. The molecule has 0 aromatic carbocycles. The summed E-state index contributed by atoms with van der Waals surface area (Å²) in [5.41, 5.74) is 0. The van der Waals surface area contributed by atoms with E-state index < -0.39 is 26.3 Å². The molecule has 0 bridgehead atoms. The Balaban J connectivity index is 2.12. The van der Waals surface area contributed by atoms with Gasteiger partial charge in [-0.05, 0) is 43.4 Å². The second-order valence-electron chi connectivity index (χ2n) is 8.33. The lowest BCUT2D eigenvalue weighted by Gasteiger charge is -2.36. The topological polar surface area (TPSA) is 61.8 Å². The minimum Gasteiger partial charge on any atom is -0.409 e. The molecule has 25 heavy (non-hydrogen) atoms. The number of carbonyl (C=O) groups excluding carboxylic acids is 2. The summed E-state index contributed by atoms with van der Waals surface area (Å²) in [4.78, 5) is 26.0. The molecule has 0 amide bonds. The van der Waals surface area contributed by atoms with Crippen molar-refractivity contribution in [3.63, 3.8) is 0 Å². The van der Waals surface area contributed by atoms with Crippen molar-refractivity contribution < 1.29 is 23.5 Å². The zero-order valence-corrected chi connectivity index (χ0v) is 17.9. The van der Waals surface area contributed by atoms with Crippen LogP contribution in [0, 0.1) is 0 Å². The highest BCUT2D eigenvalue weighted by molar-refractivity contribution is 7.12. The molecule has 1 aromatic heterocycles. The van der Waals surface area contributed by atoms with Gasteiger partial charge in [-0.25, -0.2) is 0 Å². The predicted molar refractivity (Wildman–Crippen MR) is 101 cm³/mol. The quantitative estimate of drug-likeness (QED) is 0.547. The first-order valence-corrected chi connectivity index (χ1v) is 12.2. The van der Waals surface area contributed by atoms with Crippen LogP contribution in [0.4, 0.5) is 0 Å². The predicted octanol–water partition coefficient (Wildman–Crippen LogP) is 4.04. The van der Waals surface area contributed by atoms with Gasteiger partial charge in [0.05, 0.1) is 11.5 Å². The Morgan fingerprint density at radius 2 is 1.84 bits per heavy atom. The Hall–Kier alpha value is -0.863. The van der Waals surface area contributed by atoms with Crippen molar-refractivity contribution in [2.24, 2.45) is 0 Å². The summed E-state index contributed by atoms with van der Waals surface area (Å²) in [7, 11) is -2.06. The molecule has 2 rings (SSSR count). The Bertz CT molecular complexity index is 630. The van der Waals surface area contributed by atoms with E-state index in [4.69, 9.17) is 13.9 Å². The van der Waals surface area contributed by atoms with Gasteiger partial charge in [0, 0.05) is 0 Å². The van der Waals surface area contributed by atoms with Gasteiger partial charge in [0.2, 0.25) is 5.78 Å². The number of rotatable bonds is 6. The summed E-state index contributed by atoms with van der Waals surface area (Å²) in [6.07, 6.45) is -1.86. The average molecular weight is 385 g/mol. The molecule has 0 unspecified atom stereocenters. The van der Waals surface area contributed by atoms with Gasteiger partial charge in [0.25, 0.3) is 0 Å². The molecule has 0 N–H and O–H groups in total. The molecule has 0 radical (unpaired) electrons. The molecule has 140 valence electrons. The van der Waals surface area contributed by atoms with Crippen LogP contribution in [-0.2, 0) is 18.7 Å². The number of ketones is 2. The first kappa shape index (κ1) is 20.4. The number of carbonyl (C=O) groups is 2. The third kappa shape index (κ3) is 4.65. The number of hydrogen-bond donors (Lipinski definition) is 0. The standard InChI is InChI=1S/C18H28O5SSi/c1-17(2,3)25(6,7)21-11-12(19)15-16(23-18(4,5)22-15)14(20)13-9-8-10-24-13/h8-10,15-16H,11H2,1-7H3/t15-,16+/m1/s1. The average Bonchev–Trinajstić information content (AvgIpc) is 3.10. The van der Waals surface area contributed by atoms with Crippen molar-refractivity contribution >= 4 is 31.2 Å². The van der Waals surface area contributed by atoms with Gasteiger partial charge in [-0.1, -0.05) is 26.8 Å². The van der Waals surface area contributed by atoms with Crippen molar-refractivity contribution in [3.8, 4) is 0 Å². The van der Waals surface area contributed by atoms with Crippen molar-refractivity contribution in [1.82, 2.24) is 0 Å². The van der Waals surface area contributed by atoms with E-state index in [0.29, 0.717) is 4.88 Å². The molecule has 1 aliphatic heterocycles. The molecule has 1 aliphatic rings. The van der Waals surface area contributed by atoms with E-state index in [1.54, 1.807) is 26.0 Å². The van der Waals surface area contributed by atoms with Crippen LogP contribution in [0.1, 0.15) is 44.3 Å². The zero-order chi connectivity index (χ0) is 19.0. The van der Waals surface area contributed by atoms with E-state index >= 15 is 0 Å².